The molecule has 130 valence electrons. The van der Waals surface area contributed by atoms with Gasteiger partial charge in [0.1, 0.15) is 13.7 Å². The molecule has 1 saturated heterocycles. The monoisotopic (exact) mass is 348 g/mol. The van der Waals surface area contributed by atoms with Crippen LogP contribution in [-0.4, -0.2) is 58.6 Å². The highest BCUT2D eigenvalue weighted by Gasteiger charge is 2.38. The number of aliphatic imine (C=N–C) groups is 1. The van der Waals surface area contributed by atoms with Gasteiger partial charge in [-0.3, -0.25) is 4.99 Å². The van der Waals surface area contributed by atoms with Crippen molar-refractivity contribution in [1.82, 2.24) is 9.62 Å². The van der Waals surface area contributed by atoms with Crippen LogP contribution in [0.3, 0.4) is 0 Å². The lowest BCUT2D eigenvalue weighted by Gasteiger charge is -2.26. The molecule has 2 rings (SSSR count). The molecule has 8 heteroatoms. The number of benzene rings is 1. The topological polar surface area (TPSA) is 87.8 Å². The molecule has 1 fully saturated rings. The minimum Gasteiger partial charge on any atom is -0.386 e. The van der Waals surface area contributed by atoms with Gasteiger partial charge in [0.15, 0.2) is 0 Å². The molecular weight excluding hydrogens is 323 g/mol. The summed E-state index contributed by atoms with van der Waals surface area (Å²) in [6.07, 6.45) is 0.817. The van der Waals surface area contributed by atoms with Gasteiger partial charge >= 0.3 is 0 Å². The molecule has 0 bridgehead atoms. The van der Waals surface area contributed by atoms with E-state index < -0.39 is 10.0 Å². The summed E-state index contributed by atoms with van der Waals surface area (Å²) in [5.41, 5.74) is 6.34. The van der Waals surface area contributed by atoms with Gasteiger partial charge in [0.05, 0.1) is 10.9 Å². The average molecular weight is 348 g/mol. The zero-order chi connectivity index (χ0) is 17.9. The summed E-state index contributed by atoms with van der Waals surface area (Å²) in [6.45, 7) is 5.04. The lowest BCUT2D eigenvalue weighted by Crippen LogP contribution is -2.47. The Morgan fingerprint density at radius 2 is 2.08 bits per heavy atom. The molecule has 0 spiro atoms. The number of amidine groups is 1. The third kappa shape index (κ3) is 4.17. The van der Waals surface area contributed by atoms with Gasteiger partial charge in [-0.1, -0.05) is 24.5 Å². The lowest BCUT2D eigenvalue weighted by molar-refractivity contribution is 0.368. The molecule has 2 radical (unpaired) electrons. The molecule has 24 heavy (non-hydrogen) atoms. The first-order chi connectivity index (χ1) is 11.3. The van der Waals surface area contributed by atoms with Crippen LogP contribution in [0.2, 0.25) is 0 Å². The van der Waals surface area contributed by atoms with Crippen molar-refractivity contribution in [3.05, 3.63) is 24.3 Å². The van der Waals surface area contributed by atoms with E-state index in [2.05, 4.69) is 17.2 Å². The Hall–Kier alpha value is -1.38. The molecule has 0 aliphatic carbocycles. The highest BCUT2D eigenvalue weighted by atomic mass is 32.2. The summed E-state index contributed by atoms with van der Waals surface area (Å²) >= 11 is 0. The maximum Gasteiger partial charge on any atom is 0.243 e. The van der Waals surface area contributed by atoms with E-state index in [1.54, 1.807) is 35.6 Å². The molecule has 1 aliphatic rings. The summed E-state index contributed by atoms with van der Waals surface area (Å²) in [4.78, 5) is 4.24. The molecule has 1 aliphatic heterocycles. The molecule has 3 unspecified atom stereocenters. The number of hydrogen-bond acceptors (Lipinski definition) is 4. The van der Waals surface area contributed by atoms with Crippen molar-refractivity contribution in [1.29, 1.82) is 0 Å². The predicted octanol–water partition coefficient (Wildman–Crippen LogP) is -0.155. The summed E-state index contributed by atoms with van der Waals surface area (Å²) in [5.74, 6) is 0.821. The summed E-state index contributed by atoms with van der Waals surface area (Å²) in [5, 5.41) is 3.28. The van der Waals surface area contributed by atoms with Crippen molar-refractivity contribution in [3.8, 4) is 0 Å². The largest absolute Gasteiger partial charge is 0.386 e. The van der Waals surface area contributed by atoms with Gasteiger partial charge in [-0.2, -0.15) is 4.31 Å². The first kappa shape index (κ1) is 19.0. The summed E-state index contributed by atoms with van der Waals surface area (Å²) in [6, 6.07) is 6.15. The van der Waals surface area contributed by atoms with Crippen LogP contribution < -0.4 is 16.5 Å². The molecular formula is C16H25BN4O2S. The Labute approximate surface area is 146 Å². The van der Waals surface area contributed by atoms with Gasteiger partial charge in [-0.05, 0) is 31.4 Å². The van der Waals surface area contributed by atoms with Crippen molar-refractivity contribution in [3.63, 3.8) is 0 Å². The highest BCUT2D eigenvalue weighted by molar-refractivity contribution is 7.89. The van der Waals surface area contributed by atoms with Gasteiger partial charge in [-0.15, -0.1) is 0 Å². The minimum absolute atomic E-state index is 0.0908. The van der Waals surface area contributed by atoms with Crippen molar-refractivity contribution in [2.24, 2.45) is 16.6 Å². The maximum absolute atomic E-state index is 12.9. The first-order valence-corrected chi connectivity index (χ1v) is 9.52. The standard InChI is InChI=1S/C16H25BN4O2S/c1-11-8-14(9-20-12(2)16(18)19-3)21(10-11)24(22,23)15-6-4-13(17)5-7-15/h4-7,11-12,14,20H,8-10H2,1-3H3,(H2,18,19). The molecule has 0 amide bonds. The first-order valence-electron chi connectivity index (χ1n) is 8.08. The average Bonchev–Trinajstić information content (AvgIpc) is 2.94. The van der Waals surface area contributed by atoms with E-state index in [4.69, 9.17) is 13.6 Å². The predicted molar refractivity (Wildman–Crippen MR) is 98.3 cm³/mol. The Morgan fingerprint density at radius 3 is 2.67 bits per heavy atom. The normalized spacial score (nSPS) is 24.2. The Kier molecular flexibility index (Phi) is 6.06. The number of nitrogens with one attached hydrogen (secondary N) is 1. The molecule has 0 saturated carbocycles. The van der Waals surface area contributed by atoms with E-state index in [1.807, 2.05) is 6.92 Å². The molecule has 1 heterocycles. The Balaban J connectivity index is 2.16. The van der Waals surface area contributed by atoms with Crippen LogP contribution >= 0.6 is 0 Å². The number of nitrogens with zero attached hydrogens (tertiary/aromatic N) is 2. The van der Waals surface area contributed by atoms with Gasteiger partial charge < -0.3 is 11.1 Å². The molecule has 3 N–H and O–H groups in total. The van der Waals surface area contributed by atoms with Crippen LogP contribution in [0.25, 0.3) is 0 Å². The van der Waals surface area contributed by atoms with E-state index in [0.717, 1.165) is 6.42 Å². The van der Waals surface area contributed by atoms with Crippen molar-refractivity contribution in [2.45, 2.75) is 37.2 Å². The van der Waals surface area contributed by atoms with Gasteiger partial charge in [0.2, 0.25) is 10.0 Å². The zero-order valence-corrected chi connectivity index (χ0v) is 15.3. The molecule has 3 atom stereocenters. The van der Waals surface area contributed by atoms with Crippen LogP contribution in [0.1, 0.15) is 20.3 Å². The fourth-order valence-corrected chi connectivity index (χ4v) is 4.73. The third-order valence-electron chi connectivity index (χ3n) is 4.42. The minimum atomic E-state index is -3.53. The van der Waals surface area contributed by atoms with E-state index in [1.165, 1.54) is 0 Å². The van der Waals surface area contributed by atoms with Crippen molar-refractivity contribution >= 4 is 29.2 Å². The quantitative estimate of drug-likeness (QED) is 0.425. The summed E-state index contributed by atoms with van der Waals surface area (Å²) < 4.78 is 27.5. The second-order valence-corrected chi connectivity index (χ2v) is 8.31. The molecule has 1 aromatic rings. The van der Waals surface area contributed by atoms with Gasteiger partial charge in [-0.25, -0.2) is 8.42 Å². The highest BCUT2D eigenvalue weighted by Crippen LogP contribution is 2.29. The third-order valence-corrected chi connectivity index (χ3v) is 6.35. The Bertz CT molecular complexity index is 691. The van der Waals surface area contributed by atoms with E-state index in [0.29, 0.717) is 30.3 Å². The lowest BCUT2D eigenvalue weighted by atomic mass is 9.97. The van der Waals surface area contributed by atoms with E-state index in [-0.39, 0.29) is 17.0 Å². The van der Waals surface area contributed by atoms with Crippen LogP contribution in [0.5, 0.6) is 0 Å². The zero-order valence-electron chi connectivity index (χ0n) is 14.4. The maximum atomic E-state index is 12.9. The number of hydrogen-bond donors (Lipinski definition) is 2. The smallest absolute Gasteiger partial charge is 0.243 e. The number of nitrogens with two attached hydrogens (primary N) is 1. The van der Waals surface area contributed by atoms with Crippen LogP contribution in [-0.2, 0) is 10.0 Å². The van der Waals surface area contributed by atoms with Gasteiger partial charge in [0.25, 0.3) is 0 Å². The van der Waals surface area contributed by atoms with Crippen molar-refractivity contribution in [2.75, 3.05) is 20.1 Å². The summed E-state index contributed by atoms with van der Waals surface area (Å²) in [7, 11) is 3.76. The van der Waals surface area contributed by atoms with Crippen LogP contribution in [0.4, 0.5) is 0 Å². The second-order valence-electron chi connectivity index (χ2n) is 6.42. The number of sulfonamides is 1. The second kappa shape index (κ2) is 7.67. The van der Waals surface area contributed by atoms with Crippen LogP contribution in [0.15, 0.2) is 34.2 Å². The van der Waals surface area contributed by atoms with Crippen LogP contribution in [0, 0.1) is 5.92 Å². The fraction of sp³-hybridized carbons (Fsp3) is 0.562. The fourth-order valence-electron chi connectivity index (χ4n) is 2.98. The SMILES string of the molecule is [B]c1ccc(S(=O)(=O)N2CC(C)CC2CNC(C)C(N)=NC)cc1. The molecule has 6 nitrogen and oxygen atoms in total. The number of rotatable bonds is 6. The Morgan fingerprint density at radius 1 is 1.46 bits per heavy atom. The van der Waals surface area contributed by atoms with E-state index >= 15 is 0 Å². The molecule has 1 aromatic carbocycles. The van der Waals surface area contributed by atoms with E-state index in [9.17, 15) is 8.42 Å². The van der Waals surface area contributed by atoms with Crippen molar-refractivity contribution < 1.29 is 8.42 Å². The molecule has 0 aromatic heterocycles. The van der Waals surface area contributed by atoms with Gasteiger partial charge in [0, 0.05) is 26.2 Å².